The lowest BCUT2D eigenvalue weighted by Crippen LogP contribution is -2.45. The number of aryl methyl sites for hydroxylation is 1. The highest BCUT2D eigenvalue weighted by molar-refractivity contribution is 5.36. The number of hydrogen-bond donors (Lipinski definition) is 1. The van der Waals surface area contributed by atoms with Gasteiger partial charge in [0.1, 0.15) is 5.75 Å². The number of nitrogens with zero attached hydrogens (tertiary/aromatic N) is 1. The maximum absolute atomic E-state index is 5.33. The summed E-state index contributed by atoms with van der Waals surface area (Å²) in [7, 11) is 1.73. The van der Waals surface area contributed by atoms with E-state index < -0.39 is 0 Å². The van der Waals surface area contributed by atoms with Gasteiger partial charge in [-0.05, 0) is 42.5 Å². The Morgan fingerprint density at radius 3 is 2.50 bits per heavy atom. The fraction of sp³-hybridized carbons (Fsp3) is 0.647. The van der Waals surface area contributed by atoms with Gasteiger partial charge in [0.2, 0.25) is 0 Å². The Hall–Kier alpha value is -1.06. The second-order valence-electron chi connectivity index (χ2n) is 6.15. The Labute approximate surface area is 123 Å². The summed E-state index contributed by atoms with van der Waals surface area (Å²) in [5.41, 5.74) is 2.80. The second-order valence-corrected chi connectivity index (χ2v) is 6.15. The molecule has 20 heavy (non-hydrogen) atoms. The number of methoxy groups -OCH3 is 1. The van der Waals surface area contributed by atoms with Crippen molar-refractivity contribution in [1.82, 2.24) is 10.2 Å². The zero-order chi connectivity index (χ0) is 14.5. The maximum atomic E-state index is 5.33. The standard InChI is InChI=1S/C17H28N2O/c1-13(2)11-17(19-9-7-18-8-10-19)16-6-5-15(20-4)12-14(16)3/h5-6,12-13,17-18H,7-11H2,1-4H3/t17-/m1/s1. The largest absolute Gasteiger partial charge is 0.497 e. The van der Waals surface area contributed by atoms with Gasteiger partial charge in [-0.1, -0.05) is 19.9 Å². The first kappa shape index (κ1) is 15.3. The van der Waals surface area contributed by atoms with E-state index in [1.54, 1.807) is 7.11 Å². The zero-order valence-electron chi connectivity index (χ0n) is 13.3. The van der Waals surface area contributed by atoms with Crippen LogP contribution < -0.4 is 10.1 Å². The molecule has 2 rings (SSSR count). The van der Waals surface area contributed by atoms with Gasteiger partial charge < -0.3 is 10.1 Å². The van der Waals surface area contributed by atoms with Crippen molar-refractivity contribution in [3.63, 3.8) is 0 Å². The van der Waals surface area contributed by atoms with E-state index in [-0.39, 0.29) is 0 Å². The molecule has 0 radical (unpaired) electrons. The molecule has 1 atom stereocenters. The van der Waals surface area contributed by atoms with Gasteiger partial charge >= 0.3 is 0 Å². The summed E-state index contributed by atoms with van der Waals surface area (Å²) in [6.07, 6.45) is 1.22. The molecule has 1 aliphatic rings. The van der Waals surface area contributed by atoms with Gasteiger partial charge in [-0.3, -0.25) is 4.90 Å². The lowest BCUT2D eigenvalue weighted by Gasteiger charge is -2.37. The average Bonchev–Trinajstić information content (AvgIpc) is 2.45. The van der Waals surface area contributed by atoms with Crippen molar-refractivity contribution in [2.75, 3.05) is 33.3 Å². The van der Waals surface area contributed by atoms with Gasteiger partial charge in [0, 0.05) is 32.2 Å². The van der Waals surface area contributed by atoms with Crippen LogP contribution in [-0.2, 0) is 0 Å². The molecule has 3 nitrogen and oxygen atoms in total. The Morgan fingerprint density at radius 2 is 1.95 bits per heavy atom. The summed E-state index contributed by atoms with van der Waals surface area (Å²) in [5.74, 6) is 1.66. The van der Waals surface area contributed by atoms with Crippen LogP contribution in [0.25, 0.3) is 0 Å². The summed E-state index contributed by atoms with van der Waals surface area (Å²) in [4.78, 5) is 2.63. The fourth-order valence-corrected chi connectivity index (χ4v) is 3.06. The molecular weight excluding hydrogens is 248 g/mol. The molecule has 0 spiro atoms. The van der Waals surface area contributed by atoms with Crippen molar-refractivity contribution < 1.29 is 4.74 Å². The monoisotopic (exact) mass is 276 g/mol. The lowest BCUT2D eigenvalue weighted by molar-refractivity contribution is 0.153. The van der Waals surface area contributed by atoms with Crippen LogP contribution in [-0.4, -0.2) is 38.2 Å². The Bertz CT molecular complexity index is 425. The van der Waals surface area contributed by atoms with E-state index in [4.69, 9.17) is 4.74 Å². The third-order valence-electron chi connectivity index (χ3n) is 4.12. The molecule has 0 bridgehead atoms. The molecule has 0 aliphatic carbocycles. The van der Waals surface area contributed by atoms with E-state index in [9.17, 15) is 0 Å². The fourth-order valence-electron chi connectivity index (χ4n) is 3.06. The summed E-state index contributed by atoms with van der Waals surface area (Å²) >= 11 is 0. The molecule has 1 heterocycles. The molecule has 3 heteroatoms. The number of piperazine rings is 1. The van der Waals surface area contributed by atoms with E-state index in [2.05, 4.69) is 49.2 Å². The van der Waals surface area contributed by atoms with E-state index in [1.807, 2.05) is 0 Å². The molecule has 1 fully saturated rings. The van der Waals surface area contributed by atoms with E-state index >= 15 is 0 Å². The third kappa shape index (κ3) is 3.74. The maximum Gasteiger partial charge on any atom is 0.119 e. The molecule has 1 saturated heterocycles. The second kappa shape index (κ2) is 7.09. The minimum Gasteiger partial charge on any atom is -0.497 e. The summed E-state index contributed by atoms with van der Waals surface area (Å²) in [6, 6.07) is 7.04. The third-order valence-corrected chi connectivity index (χ3v) is 4.12. The quantitative estimate of drug-likeness (QED) is 0.895. The van der Waals surface area contributed by atoms with Gasteiger partial charge in [-0.25, -0.2) is 0 Å². The first-order chi connectivity index (χ1) is 9.61. The minimum absolute atomic E-state index is 0.531. The molecule has 1 aromatic rings. The van der Waals surface area contributed by atoms with Crippen molar-refractivity contribution in [3.8, 4) is 5.75 Å². The Kier molecular flexibility index (Phi) is 5.44. The van der Waals surface area contributed by atoms with Crippen molar-refractivity contribution in [3.05, 3.63) is 29.3 Å². The zero-order valence-corrected chi connectivity index (χ0v) is 13.3. The molecule has 1 aromatic carbocycles. The van der Waals surface area contributed by atoms with Gasteiger partial charge in [0.25, 0.3) is 0 Å². The van der Waals surface area contributed by atoms with Crippen LogP contribution in [0.3, 0.4) is 0 Å². The Balaban J connectivity index is 2.25. The van der Waals surface area contributed by atoms with Crippen molar-refractivity contribution in [2.45, 2.75) is 33.2 Å². The van der Waals surface area contributed by atoms with Crippen LogP contribution in [0.1, 0.15) is 37.4 Å². The van der Waals surface area contributed by atoms with Crippen molar-refractivity contribution in [2.24, 2.45) is 5.92 Å². The SMILES string of the molecule is COc1ccc([C@@H](CC(C)C)N2CCNCC2)c(C)c1. The smallest absolute Gasteiger partial charge is 0.119 e. The number of nitrogens with one attached hydrogen (secondary N) is 1. The normalized spacial score (nSPS) is 18.2. The molecule has 112 valence electrons. The van der Waals surface area contributed by atoms with Gasteiger partial charge in [-0.2, -0.15) is 0 Å². The van der Waals surface area contributed by atoms with Gasteiger partial charge in [0.05, 0.1) is 7.11 Å². The van der Waals surface area contributed by atoms with Crippen LogP contribution in [0.5, 0.6) is 5.75 Å². The van der Waals surface area contributed by atoms with Crippen molar-refractivity contribution in [1.29, 1.82) is 0 Å². The van der Waals surface area contributed by atoms with E-state index in [1.165, 1.54) is 17.5 Å². The van der Waals surface area contributed by atoms with Gasteiger partial charge in [0.15, 0.2) is 0 Å². The molecule has 0 aromatic heterocycles. The van der Waals surface area contributed by atoms with Crippen LogP contribution >= 0.6 is 0 Å². The number of benzene rings is 1. The highest BCUT2D eigenvalue weighted by Gasteiger charge is 2.24. The van der Waals surface area contributed by atoms with Crippen molar-refractivity contribution >= 4 is 0 Å². The molecule has 0 unspecified atom stereocenters. The van der Waals surface area contributed by atoms with Crippen LogP contribution in [0.15, 0.2) is 18.2 Å². The van der Waals surface area contributed by atoms with Crippen LogP contribution in [0.2, 0.25) is 0 Å². The Morgan fingerprint density at radius 1 is 1.25 bits per heavy atom. The number of hydrogen-bond acceptors (Lipinski definition) is 3. The average molecular weight is 276 g/mol. The first-order valence-corrected chi connectivity index (χ1v) is 7.71. The van der Waals surface area contributed by atoms with E-state index in [0.717, 1.165) is 31.9 Å². The molecule has 1 aliphatic heterocycles. The van der Waals surface area contributed by atoms with E-state index in [0.29, 0.717) is 12.0 Å². The molecule has 0 amide bonds. The van der Waals surface area contributed by atoms with Crippen LogP contribution in [0, 0.1) is 12.8 Å². The predicted octanol–water partition coefficient (Wildman–Crippen LogP) is 3.00. The van der Waals surface area contributed by atoms with Crippen LogP contribution in [0.4, 0.5) is 0 Å². The summed E-state index contributed by atoms with van der Waals surface area (Å²) in [6.45, 7) is 11.3. The highest BCUT2D eigenvalue weighted by atomic mass is 16.5. The molecule has 1 N–H and O–H groups in total. The molecule has 0 saturated carbocycles. The molecular formula is C17H28N2O. The summed E-state index contributed by atoms with van der Waals surface area (Å²) < 4.78 is 5.33. The number of ether oxygens (including phenoxy) is 1. The highest BCUT2D eigenvalue weighted by Crippen LogP contribution is 2.32. The first-order valence-electron chi connectivity index (χ1n) is 7.71. The lowest BCUT2D eigenvalue weighted by atomic mass is 9.92. The predicted molar refractivity (Wildman–Crippen MR) is 84.4 cm³/mol. The number of rotatable bonds is 5. The topological polar surface area (TPSA) is 24.5 Å². The van der Waals surface area contributed by atoms with Gasteiger partial charge in [-0.15, -0.1) is 0 Å². The minimum atomic E-state index is 0.531. The summed E-state index contributed by atoms with van der Waals surface area (Å²) in [5, 5.41) is 3.45.